The molecule has 1 aliphatic rings. The predicted octanol–water partition coefficient (Wildman–Crippen LogP) is 2.11. The summed E-state index contributed by atoms with van der Waals surface area (Å²) in [5, 5.41) is 0. The zero-order valence-electron chi connectivity index (χ0n) is 8.30. The van der Waals surface area contributed by atoms with E-state index in [-0.39, 0.29) is 0 Å². The summed E-state index contributed by atoms with van der Waals surface area (Å²) in [7, 11) is 1.60. The lowest BCUT2D eigenvalue weighted by Gasteiger charge is -2.11. The molecule has 2 rings (SSSR count). The van der Waals surface area contributed by atoms with Gasteiger partial charge in [-0.1, -0.05) is 12.1 Å². The lowest BCUT2D eigenvalue weighted by molar-refractivity contribution is 0.117. The Hall–Kier alpha value is -1.71. The molecule has 1 heterocycles. The average molecular weight is 207 g/mol. The third-order valence-electron chi connectivity index (χ3n) is 2.25. The fourth-order valence-corrected chi connectivity index (χ4v) is 1.47. The molecular formula is C11H11O4. The molecule has 1 aromatic rings. The number of carbonyl (C=O) groups excluding carboxylic acids is 1. The SMILES string of the molecule is [CH2]C1OC(=O)OC1c1ccc(OC)cc1. The van der Waals surface area contributed by atoms with Crippen molar-refractivity contribution in [2.75, 3.05) is 7.11 Å². The molecule has 0 amide bonds. The molecule has 1 radical (unpaired) electrons. The number of hydrogen-bond donors (Lipinski definition) is 0. The van der Waals surface area contributed by atoms with Gasteiger partial charge in [-0.3, -0.25) is 0 Å². The largest absolute Gasteiger partial charge is 0.509 e. The number of rotatable bonds is 2. The molecule has 0 aliphatic carbocycles. The van der Waals surface area contributed by atoms with E-state index in [1.165, 1.54) is 0 Å². The predicted molar refractivity (Wildman–Crippen MR) is 52.4 cm³/mol. The van der Waals surface area contributed by atoms with Crippen LogP contribution in [0.1, 0.15) is 11.7 Å². The third kappa shape index (κ3) is 1.88. The molecule has 79 valence electrons. The molecule has 15 heavy (non-hydrogen) atoms. The number of hydrogen-bond acceptors (Lipinski definition) is 4. The van der Waals surface area contributed by atoms with Crippen molar-refractivity contribution in [3.63, 3.8) is 0 Å². The average Bonchev–Trinajstić information content (AvgIpc) is 2.58. The van der Waals surface area contributed by atoms with Crippen molar-refractivity contribution >= 4 is 6.16 Å². The molecule has 1 aliphatic heterocycles. The fourth-order valence-electron chi connectivity index (χ4n) is 1.47. The standard InChI is InChI=1S/C11H11O4/c1-7-10(15-11(12)14-7)8-3-5-9(13-2)6-4-8/h3-7,10H,1H2,2H3. The van der Waals surface area contributed by atoms with Gasteiger partial charge in [0.25, 0.3) is 0 Å². The van der Waals surface area contributed by atoms with Crippen LogP contribution in [-0.4, -0.2) is 19.4 Å². The van der Waals surface area contributed by atoms with Crippen LogP contribution in [-0.2, 0) is 9.47 Å². The normalized spacial score (nSPS) is 24.5. The smallest absolute Gasteiger partial charge is 0.497 e. The van der Waals surface area contributed by atoms with Crippen LogP contribution in [0.3, 0.4) is 0 Å². The van der Waals surface area contributed by atoms with Crippen molar-refractivity contribution in [3.8, 4) is 5.75 Å². The summed E-state index contributed by atoms with van der Waals surface area (Å²) in [5.41, 5.74) is 0.849. The van der Waals surface area contributed by atoms with Gasteiger partial charge in [-0.2, -0.15) is 0 Å². The van der Waals surface area contributed by atoms with Gasteiger partial charge in [0.1, 0.15) is 11.9 Å². The lowest BCUT2D eigenvalue weighted by Crippen LogP contribution is -2.10. The van der Waals surface area contributed by atoms with Gasteiger partial charge < -0.3 is 14.2 Å². The first-order valence-electron chi connectivity index (χ1n) is 4.55. The maximum absolute atomic E-state index is 10.9. The van der Waals surface area contributed by atoms with Crippen LogP contribution in [0.15, 0.2) is 24.3 Å². The number of ether oxygens (including phenoxy) is 3. The zero-order chi connectivity index (χ0) is 10.8. The highest BCUT2D eigenvalue weighted by molar-refractivity contribution is 5.63. The first kappa shape index (κ1) is 9.83. The monoisotopic (exact) mass is 207 g/mol. The summed E-state index contributed by atoms with van der Waals surface area (Å²) in [4.78, 5) is 10.9. The van der Waals surface area contributed by atoms with Crippen molar-refractivity contribution < 1.29 is 19.0 Å². The molecule has 4 nitrogen and oxygen atoms in total. The Morgan fingerprint density at radius 3 is 2.40 bits per heavy atom. The molecule has 1 aromatic carbocycles. The van der Waals surface area contributed by atoms with E-state index in [1.54, 1.807) is 19.2 Å². The van der Waals surface area contributed by atoms with Crippen LogP contribution < -0.4 is 4.74 Å². The number of benzene rings is 1. The first-order valence-corrected chi connectivity index (χ1v) is 4.55. The van der Waals surface area contributed by atoms with Gasteiger partial charge in [-0.05, 0) is 24.6 Å². The van der Waals surface area contributed by atoms with E-state index in [4.69, 9.17) is 14.2 Å². The van der Waals surface area contributed by atoms with Crippen molar-refractivity contribution in [2.24, 2.45) is 0 Å². The second kappa shape index (κ2) is 3.81. The van der Waals surface area contributed by atoms with E-state index in [2.05, 4.69) is 6.92 Å². The summed E-state index contributed by atoms with van der Waals surface area (Å²) in [6.07, 6.45) is -1.59. The van der Waals surface area contributed by atoms with Crippen LogP contribution in [0.25, 0.3) is 0 Å². The Labute approximate surface area is 87.8 Å². The molecule has 0 saturated carbocycles. The number of cyclic esters (lactones) is 2. The second-order valence-electron chi connectivity index (χ2n) is 3.22. The van der Waals surface area contributed by atoms with E-state index in [9.17, 15) is 4.79 Å². The second-order valence-corrected chi connectivity index (χ2v) is 3.22. The minimum Gasteiger partial charge on any atom is -0.497 e. The summed E-state index contributed by atoms with van der Waals surface area (Å²) >= 11 is 0. The number of methoxy groups -OCH3 is 1. The summed E-state index contributed by atoms with van der Waals surface area (Å²) in [6, 6.07) is 7.25. The summed E-state index contributed by atoms with van der Waals surface area (Å²) in [5.74, 6) is 0.754. The molecule has 2 atom stereocenters. The van der Waals surface area contributed by atoms with Gasteiger partial charge in [0.2, 0.25) is 0 Å². The van der Waals surface area contributed by atoms with Gasteiger partial charge in [0.15, 0.2) is 6.10 Å². The van der Waals surface area contributed by atoms with E-state index in [0.717, 1.165) is 11.3 Å². The van der Waals surface area contributed by atoms with Gasteiger partial charge in [-0.15, -0.1) is 0 Å². The van der Waals surface area contributed by atoms with E-state index < -0.39 is 18.4 Å². The zero-order valence-corrected chi connectivity index (χ0v) is 8.30. The minimum atomic E-state index is -0.671. The molecule has 0 aromatic heterocycles. The van der Waals surface area contributed by atoms with Crippen LogP contribution in [0, 0.1) is 6.92 Å². The molecule has 0 spiro atoms. The highest BCUT2D eigenvalue weighted by Gasteiger charge is 2.34. The third-order valence-corrected chi connectivity index (χ3v) is 2.25. The van der Waals surface area contributed by atoms with E-state index >= 15 is 0 Å². The Kier molecular flexibility index (Phi) is 2.49. The lowest BCUT2D eigenvalue weighted by atomic mass is 10.1. The number of carbonyl (C=O) groups is 1. The van der Waals surface area contributed by atoms with Crippen LogP contribution in [0.4, 0.5) is 4.79 Å². The van der Waals surface area contributed by atoms with Gasteiger partial charge >= 0.3 is 6.16 Å². The quantitative estimate of drug-likeness (QED) is 0.696. The molecule has 2 unspecified atom stereocenters. The first-order chi connectivity index (χ1) is 7.20. The van der Waals surface area contributed by atoms with Crippen molar-refractivity contribution in [1.29, 1.82) is 0 Å². The Morgan fingerprint density at radius 1 is 1.27 bits per heavy atom. The minimum absolute atomic E-state index is 0.427. The molecule has 4 heteroatoms. The highest BCUT2D eigenvalue weighted by atomic mass is 16.8. The molecule has 1 saturated heterocycles. The van der Waals surface area contributed by atoms with Crippen LogP contribution in [0.5, 0.6) is 5.75 Å². The van der Waals surface area contributed by atoms with Crippen molar-refractivity contribution in [1.82, 2.24) is 0 Å². The van der Waals surface area contributed by atoms with Crippen LogP contribution >= 0.6 is 0 Å². The van der Waals surface area contributed by atoms with Crippen LogP contribution in [0.2, 0.25) is 0 Å². The van der Waals surface area contributed by atoms with E-state index in [0.29, 0.717) is 0 Å². The summed E-state index contributed by atoms with van der Waals surface area (Å²) < 4.78 is 14.8. The van der Waals surface area contributed by atoms with E-state index in [1.807, 2.05) is 12.1 Å². The van der Waals surface area contributed by atoms with Gasteiger partial charge in [0.05, 0.1) is 7.11 Å². The summed E-state index contributed by atoms with van der Waals surface area (Å²) in [6.45, 7) is 3.69. The Bertz CT molecular complexity index is 357. The van der Waals surface area contributed by atoms with Crippen molar-refractivity contribution in [3.05, 3.63) is 36.8 Å². The van der Waals surface area contributed by atoms with Crippen molar-refractivity contribution in [2.45, 2.75) is 12.2 Å². The molecule has 1 fully saturated rings. The topological polar surface area (TPSA) is 44.8 Å². The van der Waals surface area contributed by atoms with Gasteiger partial charge in [0, 0.05) is 0 Å². The molecule has 0 N–H and O–H groups in total. The Balaban J connectivity index is 2.19. The molecule has 0 bridgehead atoms. The molecular weight excluding hydrogens is 196 g/mol. The van der Waals surface area contributed by atoms with Gasteiger partial charge in [-0.25, -0.2) is 4.79 Å². The Morgan fingerprint density at radius 2 is 1.93 bits per heavy atom. The highest BCUT2D eigenvalue weighted by Crippen LogP contribution is 2.30. The maximum atomic E-state index is 10.9. The maximum Gasteiger partial charge on any atom is 0.509 e. The fraction of sp³-hybridized carbons (Fsp3) is 0.273.